The summed E-state index contributed by atoms with van der Waals surface area (Å²) in [6.45, 7) is 1.16. The highest BCUT2D eigenvalue weighted by Gasteiger charge is 2.59. The minimum atomic E-state index is -0.442. The second kappa shape index (κ2) is 5.65. The van der Waals surface area contributed by atoms with E-state index in [1.54, 1.807) is 24.3 Å². The van der Waals surface area contributed by atoms with Crippen LogP contribution < -0.4 is 5.32 Å². The summed E-state index contributed by atoms with van der Waals surface area (Å²) in [7, 11) is 0. The first kappa shape index (κ1) is 15.7. The van der Waals surface area contributed by atoms with Crippen molar-refractivity contribution in [3.05, 3.63) is 42.0 Å². The first-order valence-corrected chi connectivity index (χ1v) is 8.40. The van der Waals surface area contributed by atoms with E-state index in [9.17, 15) is 19.2 Å². The van der Waals surface area contributed by atoms with Crippen LogP contribution in [0.4, 0.5) is 5.69 Å². The maximum Gasteiger partial charge on any atom is 0.244 e. The Hall–Kier alpha value is -2.76. The number of nitrogens with zero attached hydrogens (tertiary/aromatic N) is 1. The van der Waals surface area contributed by atoms with Crippen molar-refractivity contribution in [3.63, 3.8) is 0 Å². The summed E-state index contributed by atoms with van der Waals surface area (Å²) < 4.78 is 0. The smallest absolute Gasteiger partial charge is 0.244 e. The molecule has 1 aromatic carbocycles. The average molecular weight is 338 g/mol. The molecule has 1 heterocycles. The Bertz CT molecular complexity index is 798. The SMILES string of the molecule is CC(=O)c1cccc(NC(=O)CN2C(=O)[C@@H]3[C@H](C2=O)[C@@H]2C=C[C@H]3C2)c1. The predicted octanol–water partition coefficient (Wildman–Crippen LogP) is 1.63. The molecule has 4 rings (SSSR count). The number of fused-ring (bicyclic) bond motifs is 5. The van der Waals surface area contributed by atoms with Crippen molar-refractivity contribution in [1.82, 2.24) is 4.90 Å². The van der Waals surface area contributed by atoms with E-state index >= 15 is 0 Å². The Morgan fingerprint density at radius 2 is 1.76 bits per heavy atom. The first-order valence-electron chi connectivity index (χ1n) is 8.40. The Kier molecular flexibility index (Phi) is 3.56. The maximum absolute atomic E-state index is 12.6. The van der Waals surface area contributed by atoms with Crippen LogP contribution in [0.1, 0.15) is 23.7 Å². The Morgan fingerprint density at radius 1 is 1.12 bits per heavy atom. The number of hydrogen-bond acceptors (Lipinski definition) is 4. The molecule has 1 saturated carbocycles. The summed E-state index contributed by atoms with van der Waals surface area (Å²) in [6, 6.07) is 6.57. The molecule has 0 spiro atoms. The van der Waals surface area contributed by atoms with Crippen molar-refractivity contribution in [2.24, 2.45) is 23.7 Å². The molecule has 4 atom stereocenters. The number of hydrogen-bond donors (Lipinski definition) is 1. The van der Waals surface area contributed by atoms with E-state index in [0.717, 1.165) is 11.3 Å². The van der Waals surface area contributed by atoms with Crippen molar-refractivity contribution < 1.29 is 19.2 Å². The molecule has 128 valence electrons. The standard InChI is InChI=1S/C19H18N2O4/c1-10(22)11-3-2-4-14(8-11)20-15(23)9-21-18(24)16-12-5-6-13(7-12)17(16)19(21)25/h2-6,8,12-13,16-17H,7,9H2,1H3,(H,20,23)/t12-,13+,16-,17+. The van der Waals surface area contributed by atoms with Gasteiger partial charge < -0.3 is 5.32 Å². The Balaban J connectivity index is 1.45. The number of carbonyl (C=O) groups excluding carboxylic acids is 4. The number of imide groups is 1. The Morgan fingerprint density at radius 3 is 2.36 bits per heavy atom. The molecule has 2 aliphatic carbocycles. The van der Waals surface area contributed by atoms with Gasteiger partial charge in [-0.05, 0) is 37.3 Å². The van der Waals surface area contributed by atoms with E-state index in [1.807, 2.05) is 12.2 Å². The van der Waals surface area contributed by atoms with Gasteiger partial charge in [-0.15, -0.1) is 0 Å². The number of benzene rings is 1. The number of likely N-dealkylation sites (tertiary alicyclic amines) is 1. The number of Topliss-reactive ketones (excluding diaryl/α,β-unsaturated/α-hetero) is 1. The van der Waals surface area contributed by atoms with Gasteiger partial charge in [0.1, 0.15) is 6.54 Å². The van der Waals surface area contributed by atoms with Gasteiger partial charge >= 0.3 is 0 Å². The van der Waals surface area contributed by atoms with Crippen molar-refractivity contribution >= 4 is 29.2 Å². The largest absolute Gasteiger partial charge is 0.325 e. The zero-order chi connectivity index (χ0) is 17.7. The summed E-state index contributed by atoms with van der Waals surface area (Å²) in [6.07, 6.45) is 4.91. The van der Waals surface area contributed by atoms with Gasteiger partial charge in [-0.25, -0.2) is 0 Å². The van der Waals surface area contributed by atoms with Crippen LogP contribution in [0.3, 0.4) is 0 Å². The lowest BCUT2D eigenvalue weighted by Crippen LogP contribution is -2.39. The zero-order valence-corrected chi connectivity index (χ0v) is 13.8. The quantitative estimate of drug-likeness (QED) is 0.514. The molecule has 1 aliphatic heterocycles. The Labute approximate surface area is 144 Å². The highest BCUT2D eigenvalue weighted by Crippen LogP contribution is 2.52. The lowest BCUT2D eigenvalue weighted by molar-refractivity contribution is -0.143. The molecule has 6 nitrogen and oxygen atoms in total. The predicted molar refractivity (Wildman–Crippen MR) is 89.5 cm³/mol. The number of carbonyl (C=O) groups is 4. The van der Waals surface area contributed by atoms with E-state index in [0.29, 0.717) is 11.3 Å². The van der Waals surface area contributed by atoms with E-state index < -0.39 is 5.91 Å². The fourth-order valence-electron chi connectivity index (χ4n) is 4.28. The van der Waals surface area contributed by atoms with Crippen LogP contribution in [0.15, 0.2) is 36.4 Å². The molecule has 2 fully saturated rings. The summed E-state index contributed by atoms with van der Waals surface area (Å²) in [5.41, 5.74) is 0.960. The molecule has 0 aromatic heterocycles. The van der Waals surface area contributed by atoms with Gasteiger partial charge in [0.15, 0.2) is 5.78 Å². The lowest BCUT2D eigenvalue weighted by atomic mass is 9.85. The van der Waals surface area contributed by atoms with E-state index in [-0.39, 0.29) is 47.8 Å². The van der Waals surface area contributed by atoms with Gasteiger partial charge in [-0.2, -0.15) is 0 Å². The molecule has 1 N–H and O–H groups in total. The first-order chi connectivity index (χ1) is 12.0. The van der Waals surface area contributed by atoms with Gasteiger partial charge in [0.05, 0.1) is 11.8 Å². The second-order valence-electron chi connectivity index (χ2n) is 6.95. The third-order valence-electron chi connectivity index (χ3n) is 5.42. The molecule has 1 saturated heterocycles. The maximum atomic E-state index is 12.6. The number of anilines is 1. The fourth-order valence-corrected chi connectivity index (χ4v) is 4.28. The van der Waals surface area contributed by atoms with Crippen LogP contribution in [0.2, 0.25) is 0 Å². The summed E-state index contributed by atoms with van der Waals surface area (Å²) in [5.74, 6) is -1.34. The third kappa shape index (κ3) is 2.49. The summed E-state index contributed by atoms with van der Waals surface area (Å²) in [5, 5.41) is 2.66. The average Bonchev–Trinajstić information content (AvgIpc) is 3.25. The molecule has 6 heteroatoms. The minimum Gasteiger partial charge on any atom is -0.325 e. The van der Waals surface area contributed by atoms with Crippen molar-refractivity contribution in [3.8, 4) is 0 Å². The summed E-state index contributed by atoms with van der Waals surface area (Å²) >= 11 is 0. The number of rotatable bonds is 4. The molecule has 0 unspecified atom stereocenters. The molecule has 3 aliphatic rings. The lowest BCUT2D eigenvalue weighted by Gasteiger charge is -2.17. The van der Waals surface area contributed by atoms with Gasteiger partial charge in [-0.1, -0.05) is 24.3 Å². The molecular formula is C19H18N2O4. The van der Waals surface area contributed by atoms with Gasteiger partial charge in [-0.3, -0.25) is 24.1 Å². The summed E-state index contributed by atoms with van der Waals surface area (Å²) in [4.78, 5) is 49.9. The van der Waals surface area contributed by atoms with Crippen LogP contribution in [0.5, 0.6) is 0 Å². The van der Waals surface area contributed by atoms with E-state index in [4.69, 9.17) is 0 Å². The number of allylic oxidation sites excluding steroid dienone is 2. The van der Waals surface area contributed by atoms with Gasteiger partial charge in [0.2, 0.25) is 17.7 Å². The number of ketones is 1. The molecule has 2 bridgehead atoms. The van der Waals surface area contributed by atoms with Crippen LogP contribution in [-0.4, -0.2) is 34.9 Å². The van der Waals surface area contributed by atoms with Crippen LogP contribution in [0, 0.1) is 23.7 Å². The number of amides is 3. The molecular weight excluding hydrogens is 320 g/mol. The second-order valence-corrected chi connectivity index (χ2v) is 6.95. The monoisotopic (exact) mass is 338 g/mol. The third-order valence-corrected chi connectivity index (χ3v) is 5.42. The highest BCUT2D eigenvalue weighted by molar-refractivity contribution is 6.09. The number of nitrogens with one attached hydrogen (secondary N) is 1. The van der Waals surface area contributed by atoms with Crippen LogP contribution in [0.25, 0.3) is 0 Å². The van der Waals surface area contributed by atoms with Gasteiger partial charge in [0.25, 0.3) is 0 Å². The van der Waals surface area contributed by atoms with Crippen LogP contribution >= 0.6 is 0 Å². The van der Waals surface area contributed by atoms with Crippen molar-refractivity contribution in [1.29, 1.82) is 0 Å². The molecule has 3 amide bonds. The highest BCUT2D eigenvalue weighted by atomic mass is 16.2. The van der Waals surface area contributed by atoms with Crippen LogP contribution in [-0.2, 0) is 14.4 Å². The van der Waals surface area contributed by atoms with Crippen molar-refractivity contribution in [2.75, 3.05) is 11.9 Å². The zero-order valence-electron chi connectivity index (χ0n) is 13.8. The van der Waals surface area contributed by atoms with E-state index in [2.05, 4.69) is 5.32 Å². The van der Waals surface area contributed by atoms with Gasteiger partial charge in [0, 0.05) is 11.3 Å². The topological polar surface area (TPSA) is 83.6 Å². The molecule has 25 heavy (non-hydrogen) atoms. The fraction of sp³-hybridized carbons (Fsp3) is 0.368. The van der Waals surface area contributed by atoms with Crippen molar-refractivity contribution in [2.45, 2.75) is 13.3 Å². The van der Waals surface area contributed by atoms with E-state index in [1.165, 1.54) is 6.92 Å². The minimum absolute atomic E-state index is 0.100. The molecule has 1 aromatic rings. The molecule has 0 radical (unpaired) electrons. The normalized spacial score (nSPS) is 29.2.